The van der Waals surface area contributed by atoms with Crippen molar-refractivity contribution < 1.29 is 18.0 Å². The van der Waals surface area contributed by atoms with Crippen molar-refractivity contribution in [2.75, 3.05) is 24.7 Å². The normalized spacial score (nSPS) is 14.1. The van der Waals surface area contributed by atoms with Crippen molar-refractivity contribution in [3.63, 3.8) is 0 Å². The SMILES string of the molecule is Cc1c(NC(=O)c2cccc(CS(C)(=O)=O)c2)cccc1C(=O)N1CCCC1. The second-order valence-corrected chi connectivity index (χ2v) is 9.34. The summed E-state index contributed by atoms with van der Waals surface area (Å²) in [6.45, 7) is 3.35. The van der Waals surface area contributed by atoms with E-state index in [4.69, 9.17) is 0 Å². The monoisotopic (exact) mass is 400 g/mol. The zero-order valence-electron chi connectivity index (χ0n) is 16.1. The summed E-state index contributed by atoms with van der Waals surface area (Å²) in [5.41, 5.74) is 2.82. The molecule has 0 saturated carbocycles. The third-order valence-electron chi connectivity index (χ3n) is 4.82. The maximum Gasteiger partial charge on any atom is 0.255 e. The number of nitrogens with zero attached hydrogens (tertiary/aromatic N) is 1. The lowest BCUT2D eigenvalue weighted by molar-refractivity contribution is 0.0791. The van der Waals surface area contributed by atoms with Crippen molar-refractivity contribution in [2.24, 2.45) is 0 Å². The highest BCUT2D eigenvalue weighted by Gasteiger charge is 2.22. The van der Waals surface area contributed by atoms with Gasteiger partial charge in [-0.2, -0.15) is 0 Å². The van der Waals surface area contributed by atoms with Gasteiger partial charge in [-0.05, 0) is 55.2 Å². The number of likely N-dealkylation sites (tertiary alicyclic amines) is 1. The Balaban J connectivity index is 1.80. The van der Waals surface area contributed by atoms with Crippen LogP contribution in [0.1, 0.15) is 44.7 Å². The maximum absolute atomic E-state index is 12.7. The molecule has 0 atom stereocenters. The molecule has 3 rings (SSSR count). The van der Waals surface area contributed by atoms with Gasteiger partial charge in [0.05, 0.1) is 5.75 Å². The van der Waals surface area contributed by atoms with E-state index in [-0.39, 0.29) is 17.6 Å². The summed E-state index contributed by atoms with van der Waals surface area (Å²) in [7, 11) is -3.18. The summed E-state index contributed by atoms with van der Waals surface area (Å²) in [6.07, 6.45) is 3.20. The predicted octanol–water partition coefficient (Wildman–Crippen LogP) is 3.03. The van der Waals surface area contributed by atoms with Crippen LogP contribution in [-0.4, -0.2) is 44.5 Å². The van der Waals surface area contributed by atoms with E-state index >= 15 is 0 Å². The van der Waals surface area contributed by atoms with Crippen LogP contribution in [0.5, 0.6) is 0 Å². The van der Waals surface area contributed by atoms with E-state index in [0.29, 0.717) is 22.4 Å². The van der Waals surface area contributed by atoms with Crippen LogP contribution in [-0.2, 0) is 15.6 Å². The fourth-order valence-corrected chi connectivity index (χ4v) is 4.18. The van der Waals surface area contributed by atoms with Crippen LogP contribution in [0.15, 0.2) is 42.5 Å². The first-order valence-electron chi connectivity index (χ1n) is 9.21. The molecule has 2 aromatic rings. The minimum atomic E-state index is -3.18. The van der Waals surface area contributed by atoms with Crippen LogP contribution in [0.4, 0.5) is 5.69 Å². The molecule has 0 unspecified atom stereocenters. The molecule has 2 aromatic carbocycles. The van der Waals surface area contributed by atoms with Gasteiger partial charge < -0.3 is 10.2 Å². The summed E-state index contributed by atoms with van der Waals surface area (Å²) in [4.78, 5) is 27.2. The summed E-state index contributed by atoms with van der Waals surface area (Å²) < 4.78 is 23.0. The van der Waals surface area contributed by atoms with Gasteiger partial charge in [-0.15, -0.1) is 0 Å². The molecular weight excluding hydrogens is 376 g/mol. The first kappa shape index (κ1) is 20.1. The minimum absolute atomic E-state index is 0.0127. The van der Waals surface area contributed by atoms with Crippen LogP contribution in [0.2, 0.25) is 0 Å². The van der Waals surface area contributed by atoms with Gasteiger partial charge in [-0.3, -0.25) is 9.59 Å². The van der Waals surface area contributed by atoms with Crippen molar-refractivity contribution in [2.45, 2.75) is 25.5 Å². The standard InChI is InChI=1S/C21H24N2O4S/c1-15-18(21(25)23-11-3-4-12-23)9-6-10-19(15)22-20(24)17-8-5-7-16(13-17)14-28(2,26)27/h5-10,13H,3-4,11-12,14H2,1-2H3,(H,22,24). The third kappa shape index (κ3) is 4.78. The topological polar surface area (TPSA) is 83.5 Å². The van der Waals surface area contributed by atoms with Crippen molar-refractivity contribution in [3.05, 3.63) is 64.7 Å². The van der Waals surface area contributed by atoms with Gasteiger partial charge in [0, 0.05) is 36.2 Å². The number of anilines is 1. The van der Waals surface area contributed by atoms with E-state index in [1.165, 1.54) is 0 Å². The molecule has 1 heterocycles. The molecule has 6 nitrogen and oxygen atoms in total. The molecule has 0 bridgehead atoms. The second-order valence-electron chi connectivity index (χ2n) is 7.20. The van der Waals surface area contributed by atoms with E-state index < -0.39 is 9.84 Å². The Morgan fingerprint density at radius 2 is 1.75 bits per heavy atom. The highest BCUT2D eigenvalue weighted by Crippen LogP contribution is 2.23. The highest BCUT2D eigenvalue weighted by atomic mass is 32.2. The molecule has 2 amide bonds. The molecule has 7 heteroatoms. The van der Waals surface area contributed by atoms with E-state index in [0.717, 1.165) is 37.8 Å². The molecule has 0 aliphatic carbocycles. The Hall–Kier alpha value is -2.67. The van der Waals surface area contributed by atoms with Crippen LogP contribution in [0.3, 0.4) is 0 Å². The number of hydrogen-bond donors (Lipinski definition) is 1. The molecule has 148 valence electrons. The van der Waals surface area contributed by atoms with Crippen molar-refractivity contribution in [3.8, 4) is 0 Å². The average molecular weight is 401 g/mol. The van der Waals surface area contributed by atoms with E-state index in [9.17, 15) is 18.0 Å². The van der Waals surface area contributed by atoms with E-state index in [1.807, 2.05) is 11.8 Å². The highest BCUT2D eigenvalue weighted by molar-refractivity contribution is 7.89. The maximum atomic E-state index is 12.7. The van der Waals surface area contributed by atoms with Gasteiger partial charge in [0.25, 0.3) is 11.8 Å². The molecule has 28 heavy (non-hydrogen) atoms. The van der Waals surface area contributed by atoms with Gasteiger partial charge in [-0.1, -0.05) is 18.2 Å². The summed E-state index contributed by atoms with van der Waals surface area (Å²) >= 11 is 0. The predicted molar refractivity (Wildman–Crippen MR) is 109 cm³/mol. The van der Waals surface area contributed by atoms with Crippen LogP contribution >= 0.6 is 0 Å². The number of carbonyl (C=O) groups excluding carboxylic acids is 2. The van der Waals surface area contributed by atoms with Gasteiger partial charge in [0.1, 0.15) is 0 Å². The molecular formula is C21H24N2O4S. The summed E-state index contributed by atoms with van der Waals surface area (Å²) in [5, 5.41) is 2.84. The fourth-order valence-electron chi connectivity index (χ4n) is 3.39. The lowest BCUT2D eigenvalue weighted by atomic mass is 10.0. The average Bonchev–Trinajstić information content (AvgIpc) is 3.16. The molecule has 1 N–H and O–H groups in total. The zero-order valence-corrected chi connectivity index (χ0v) is 16.9. The fraction of sp³-hybridized carbons (Fsp3) is 0.333. The Kier molecular flexibility index (Phi) is 5.84. The first-order valence-corrected chi connectivity index (χ1v) is 11.3. The molecule has 1 aliphatic heterocycles. The summed E-state index contributed by atoms with van der Waals surface area (Å²) in [6, 6.07) is 11.8. The Morgan fingerprint density at radius 3 is 2.43 bits per heavy atom. The molecule has 0 aromatic heterocycles. The van der Waals surface area contributed by atoms with Crippen molar-refractivity contribution >= 4 is 27.3 Å². The third-order valence-corrected chi connectivity index (χ3v) is 5.68. The first-order chi connectivity index (χ1) is 13.2. The van der Waals surface area contributed by atoms with Crippen LogP contribution < -0.4 is 5.32 Å². The number of rotatable bonds is 5. The van der Waals surface area contributed by atoms with Gasteiger partial charge in [-0.25, -0.2) is 8.42 Å². The van der Waals surface area contributed by atoms with Gasteiger partial charge in [0.15, 0.2) is 9.84 Å². The number of nitrogens with one attached hydrogen (secondary N) is 1. The van der Waals surface area contributed by atoms with Crippen molar-refractivity contribution in [1.29, 1.82) is 0 Å². The smallest absolute Gasteiger partial charge is 0.255 e. The minimum Gasteiger partial charge on any atom is -0.339 e. The second kappa shape index (κ2) is 8.14. The Bertz CT molecular complexity index is 1010. The number of carbonyl (C=O) groups is 2. The van der Waals surface area contributed by atoms with Gasteiger partial charge >= 0.3 is 0 Å². The van der Waals surface area contributed by atoms with Crippen LogP contribution in [0.25, 0.3) is 0 Å². The van der Waals surface area contributed by atoms with Crippen molar-refractivity contribution in [1.82, 2.24) is 4.90 Å². The molecule has 1 saturated heterocycles. The van der Waals surface area contributed by atoms with E-state index in [1.54, 1.807) is 42.5 Å². The Labute approximate surface area is 165 Å². The Morgan fingerprint density at radius 1 is 1.07 bits per heavy atom. The quantitative estimate of drug-likeness (QED) is 0.836. The summed E-state index contributed by atoms with van der Waals surface area (Å²) in [5.74, 6) is -0.474. The number of benzene rings is 2. The molecule has 0 spiro atoms. The van der Waals surface area contributed by atoms with Gasteiger partial charge in [0.2, 0.25) is 0 Å². The molecule has 1 fully saturated rings. The zero-order chi connectivity index (χ0) is 20.3. The lowest BCUT2D eigenvalue weighted by Crippen LogP contribution is -2.28. The number of sulfone groups is 1. The number of hydrogen-bond acceptors (Lipinski definition) is 4. The van der Waals surface area contributed by atoms with Crippen LogP contribution in [0, 0.1) is 6.92 Å². The molecule has 0 radical (unpaired) electrons. The lowest BCUT2D eigenvalue weighted by Gasteiger charge is -2.18. The van der Waals surface area contributed by atoms with E-state index in [2.05, 4.69) is 5.32 Å². The number of amides is 2. The largest absolute Gasteiger partial charge is 0.339 e. The molecule has 1 aliphatic rings.